The molecule has 12 nitrogen and oxygen atoms in total. The molecule has 41 heavy (non-hydrogen) atoms. The molecular formula is C28H31N5O7S. The highest BCUT2D eigenvalue weighted by atomic mass is 32.2. The molecule has 1 saturated heterocycles. The van der Waals surface area contributed by atoms with Gasteiger partial charge in [0.15, 0.2) is 5.84 Å². The Kier molecular flexibility index (Phi) is 9.20. The van der Waals surface area contributed by atoms with Gasteiger partial charge in [-0.2, -0.15) is 4.72 Å². The number of amides is 2. The molecule has 0 aliphatic carbocycles. The number of hydrogen-bond acceptors (Lipinski definition) is 7. The zero-order chi connectivity index (χ0) is 29.6. The standard InChI is InChI=1S/C28H31N5O7S/c1-18(34)40-31-26(29)22-9-4-6-19(14-22)15-25(27(35)33-13-5-10-23(17-33)30-28(36)37)32-41(38,39)24-12-11-20-7-2-3-8-21(20)16-24/h2-4,6-9,11-12,14,16,23,25,30,32H,5,10,13,15,17H2,1H3,(H2,29,31)(H,36,37)/t23-,25+/m1/s1. The fourth-order valence-corrected chi connectivity index (χ4v) is 5.95. The van der Waals surface area contributed by atoms with Crippen LogP contribution in [0.5, 0.6) is 0 Å². The zero-order valence-electron chi connectivity index (χ0n) is 22.3. The quantitative estimate of drug-likeness (QED) is 0.153. The van der Waals surface area contributed by atoms with Gasteiger partial charge >= 0.3 is 12.1 Å². The fourth-order valence-electron chi connectivity index (χ4n) is 4.73. The number of nitrogens with one attached hydrogen (secondary N) is 4. The molecule has 1 heterocycles. The summed E-state index contributed by atoms with van der Waals surface area (Å²) >= 11 is 0. The van der Waals surface area contributed by atoms with Crippen molar-refractivity contribution < 1.29 is 32.7 Å². The third kappa shape index (κ3) is 7.80. The molecule has 1 fully saturated rings. The van der Waals surface area contributed by atoms with Crippen molar-refractivity contribution in [3.05, 3.63) is 77.9 Å². The van der Waals surface area contributed by atoms with Crippen molar-refractivity contribution in [2.24, 2.45) is 0 Å². The van der Waals surface area contributed by atoms with Gasteiger partial charge in [-0.25, -0.2) is 18.7 Å². The van der Waals surface area contributed by atoms with Gasteiger partial charge in [-0.15, -0.1) is 0 Å². The topological polar surface area (TPSA) is 178 Å². The second-order valence-corrected chi connectivity index (χ2v) is 11.4. The van der Waals surface area contributed by atoms with Crippen LogP contribution in [0.4, 0.5) is 4.79 Å². The van der Waals surface area contributed by atoms with E-state index in [1.807, 2.05) is 12.1 Å². The van der Waals surface area contributed by atoms with Gasteiger partial charge in [-0.3, -0.25) is 15.0 Å². The Morgan fingerprint density at radius 3 is 2.56 bits per heavy atom. The SMILES string of the molecule is CC(=O)ONC(=N)c1cccc(C[C@H](NS(=O)(=O)c2ccc3ccccc3c2)C(=O)N2CCC[C@@H](NC(=O)O)C2)c1. The lowest BCUT2D eigenvalue weighted by Gasteiger charge is -2.35. The normalized spacial score (nSPS) is 16.0. The highest BCUT2D eigenvalue weighted by Crippen LogP contribution is 2.21. The largest absolute Gasteiger partial charge is 0.465 e. The number of fused-ring (bicyclic) bond motifs is 1. The number of piperidine rings is 1. The second kappa shape index (κ2) is 12.8. The summed E-state index contributed by atoms with van der Waals surface area (Å²) in [6, 6.07) is 16.9. The summed E-state index contributed by atoms with van der Waals surface area (Å²) in [5.41, 5.74) is 3.15. The lowest BCUT2D eigenvalue weighted by atomic mass is 10.0. The van der Waals surface area contributed by atoms with Crippen molar-refractivity contribution >= 4 is 44.6 Å². The summed E-state index contributed by atoms with van der Waals surface area (Å²) < 4.78 is 29.6. The summed E-state index contributed by atoms with van der Waals surface area (Å²) in [7, 11) is -4.15. The van der Waals surface area contributed by atoms with Crippen LogP contribution in [0.15, 0.2) is 71.6 Å². The molecule has 0 radical (unpaired) electrons. The fraction of sp³-hybridized carbons (Fsp3) is 0.286. The molecule has 216 valence electrons. The third-order valence-corrected chi connectivity index (χ3v) is 8.11. The zero-order valence-corrected chi connectivity index (χ0v) is 23.1. The first-order valence-corrected chi connectivity index (χ1v) is 14.4. The Labute approximate surface area is 237 Å². The summed E-state index contributed by atoms with van der Waals surface area (Å²) in [4.78, 5) is 42.2. The number of likely N-dealkylation sites (tertiary alicyclic amines) is 1. The van der Waals surface area contributed by atoms with Crippen molar-refractivity contribution in [1.82, 2.24) is 20.4 Å². The van der Waals surface area contributed by atoms with Crippen molar-refractivity contribution in [1.29, 1.82) is 5.41 Å². The van der Waals surface area contributed by atoms with Crippen LogP contribution in [0.1, 0.15) is 30.9 Å². The summed E-state index contributed by atoms with van der Waals surface area (Å²) in [5.74, 6) is -1.32. The lowest BCUT2D eigenvalue weighted by molar-refractivity contribution is -0.145. The molecule has 0 saturated carbocycles. The van der Waals surface area contributed by atoms with Crippen LogP contribution in [0.2, 0.25) is 0 Å². The van der Waals surface area contributed by atoms with Gasteiger partial charge in [-0.1, -0.05) is 48.5 Å². The Morgan fingerprint density at radius 1 is 1.07 bits per heavy atom. The van der Waals surface area contributed by atoms with E-state index in [0.29, 0.717) is 30.5 Å². The van der Waals surface area contributed by atoms with E-state index in [1.54, 1.807) is 42.5 Å². The van der Waals surface area contributed by atoms with E-state index in [4.69, 9.17) is 10.5 Å². The number of nitrogens with zero attached hydrogens (tertiary/aromatic N) is 1. The smallest absolute Gasteiger partial charge is 0.404 e. The van der Waals surface area contributed by atoms with Gasteiger partial charge in [0.2, 0.25) is 15.9 Å². The molecule has 0 aromatic heterocycles. The molecule has 5 N–H and O–H groups in total. The summed E-state index contributed by atoms with van der Waals surface area (Å²) in [5, 5.41) is 21.2. The van der Waals surface area contributed by atoms with Crippen LogP contribution < -0.4 is 15.5 Å². The van der Waals surface area contributed by atoms with Gasteiger partial charge in [-0.05, 0) is 53.8 Å². The number of benzene rings is 3. The van der Waals surface area contributed by atoms with Crippen LogP contribution in [0, 0.1) is 5.41 Å². The number of hydroxylamine groups is 1. The number of sulfonamides is 1. The molecule has 3 aromatic carbocycles. The Morgan fingerprint density at radius 2 is 1.83 bits per heavy atom. The second-order valence-electron chi connectivity index (χ2n) is 9.73. The van der Waals surface area contributed by atoms with Crippen LogP contribution in [-0.4, -0.2) is 67.4 Å². The number of carbonyl (C=O) groups is 3. The molecule has 13 heteroatoms. The minimum Gasteiger partial charge on any atom is -0.465 e. The number of hydrogen-bond donors (Lipinski definition) is 5. The van der Waals surface area contributed by atoms with E-state index in [9.17, 15) is 22.8 Å². The first-order chi connectivity index (χ1) is 19.5. The third-order valence-electron chi connectivity index (χ3n) is 6.64. The number of carbonyl (C=O) groups excluding carboxylic acids is 2. The van der Waals surface area contributed by atoms with E-state index >= 15 is 0 Å². The molecule has 3 aromatic rings. The molecular weight excluding hydrogens is 550 g/mol. The molecule has 2 atom stereocenters. The monoisotopic (exact) mass is 581 g/mol. The minimum atomic E-state index is -4.15. The van der Waals surface area contributed by atoms with Crippen molar-refractivity contribution in [2.45, 2.75) is 43.2 Å². The van der Waals surface area contributed by atoms with E-state index in [2.05, 4.69) is 20.4 Å². The minimum absolute atomic E-state index is 0.000764. The van der Waals surface area contributed by atoms with Gasteiger partial charge < -0.3 is 20.2 Å². The molecule has 0 bridgehead atoms. The van der Waals surface area contributed by atoms with Crippen LogP contribution in [0.25, 0.3) is 10.8 Å². The van der Waals surface area contributed by atoms with E-state index in [0.717, 1.165) is 10.8 Å². The van der Waals surface area contributed by atoms with E-state index in [1.165, 1.54) is 24.0 Å². The highest BCUT2D eigenvalue weighted by molar-refractivity contribution is 7.89. The number of amidine groups is 1. The van der Waals surface area contributed by atoms with Crippen molar-refractivity contribution in [2.75, 3.05) is 13.1 Å². The predicted molar refractivity (Wildman–Crippen MR) is 151 cm³/mol. The average molecular weight is 582 g/mol. The summed E-state index contributed by atoms with van der Waals surface area (Å²) in [6.45, 7) is 1.64. The number of rotatable bonds is 8. The summed E-state index contributed by atoms with van der Waals surface area (Å²) in [6.07, 6.45) is -0.133. The van der Waals surface area contributed by atoms with Crippen LogP contribution in [-0.2, 0) is 30.9 Å². The Hall–Kier alpha value is -4.49. The van der Waals surface area contributed by atoms with Gasteiger partial charge in [0, 0.05) is 31.6 Å². The molecule has 1 aliphatic rings. The maximum atomic E-state index is 13.8. The van der Waals surface area contributed by atoms with Gasteiger partial charge in [0.1, 0.15) is 6.04 Å². The van der Waals surface area contributed by atoms with Gasteiger partial charge in [0.05, 0.1) is 4.90 Å². The molecule has 2 amide bonds. The van der Waals surface area contributed by atoms with Crippen molar-refractivity contribution in [3.8, 4) is 0 Å². The molecule has 0 spiro atoms. The molecule has 1 aliphatic heterocycles. The Balaban J connectivity index is 1.62. The van der Waals surface area contributed by atoms with Crippen LogP contribution in [0.3, 0.4) is 0 Å². The first-order valence-electron chi connectivity index (χ1n) is 12.9. The van der Waals surface area contributed by atoms with Gasteiger partial charge in [0.25, 0.3) is 0 Å². The maximum Gasteiger partial charge on any atom is 0.404 e. The van der Waals surface area contributed by atoms with E-state index in [-0.39, 0.29) is 23.7 Å². The molecule has 0 unspecified atom stereocenters. The average Bonchev–Trinajstić information content (AvgIpc) is 2.94. The van der Waals surface area contributed by atoms with E-state index < -0.39 is 40.1 Å². The lowest BCUT2D eigenvalue weighted by Crippen LogP contribution is -2.55. The number of carboxylic acid groups (broad SMARTS) is 1. The first kappa shape index (κ1) is 29.5. The van der Waals surface area contributed by atoms with Crippen molar-refractivity contribution in [3.63, 3.8) is 0 Å². The van der Waals surface area contributed by atoms with Crippen LogP contribution >= 0.6 is 0 Å². The predicted octanol–water partition coefficient (Wildman–Crippen LogP) is 2.38. The maximum absolute atomic E-state index is 13.8. The highest BCUT2D eigenvalue weighted by Gasteiger charge is 2.33. The Bertz CT molecular complexity index is 1580. The molecule has 4 rings (SSSR count).